The van der Waals surface area contributed by atoms with E-state index in [0.717, 1.165) is 0 Å². The zero-order chi connectivity index (χ0) is 15.0. The first kappa shape index (κ1) is 13.9. The molecule has 21 heavy (non-hydrogen) atoms. The summed E-state index contributed by atoms with van der Waals surface area (Å²) in [5.41, 5.74) is 0.00643. The van der Waals surface area contributed by atoms with Crippen LogP contribution in [0.5, 0.6) is 0 Å². The van der Waals surface area contributed by atoms with Crippen LogP contribution in [0.2, 0.25) is 0 Å². The summed E-state index contributed by atoms with van der Waals surface area (Å²) in [4.78, 5) is 40.5. The van der Waals surface area contributed by atoms with Crippen LogP contribution in [0.25, 0.3) is 0 Å². The van der Waals surface area contributed by atoms with Crippen molar-refractivity contribution in [2.24, 2.45) is 11.8 Å². The maximum absolute atomic E-state index is 12.2. The lowest BCUT2D eigenvalue weighted by Gasteiger charge is -2.14. The van der Waals surface area contributed by atoms with Crippen LogP contribution in [-0.4, -0.2) is 39.3 Å². The van der Waals surface area contributed by atoms with Gasteiger partial charge >= 0.3 is 5.97 Å². The van der Waals surface area contributed by atoms with Crippen molar-refractivity contribution in [3.05, 3.63) is 28.2 Å². The lowest BCUT2D eigenvalue weighted by atomic mass is 9.85. The summed E-state index contributed by atoms with van der Waals surface area (Å²) >= 11 is 1.24. The minimum absolute atomic E-state index is 0.00643. The Kier molecular flexibility index (Phi) is 3.59. The number of hydrogen-bond acceptors (Lipinski definition) is 5. The van der Waals surface area contributed by atoms with Gasteiger partial charge in [-0.1, -0.05) is 12.2 Å². The van der Waals surface area contributed by atoms with Crippen LogP contribution < -0.4 is 0 Å². The molecule has 1 aromatic rings. The molecule has 2 aliphatic rings. The molecule has 1 fully saturated rings. The molecule has 7 heteroatoms. The van der Waals surface area contributed by atoms with Crippen molar-refractivity contribution in [1.29, 1.82) is 0 Å². The number of amides is 2. The Morgan fingerprint density at radius 2 is 1.90 bits per heavy atom. The van der Waals surface area contributed by atoms with Crippen LogP contribution in [0.15, 0.2) is 17.5 Å². The molecule has 0 radical (unpaired) electrons. The average Bonchev–Trinajstić information content (AvgIpc) is 3.03. The molecule has 110 valence electrons. The van der Waals surface area contributed by atoms with Crippen LogP contribution in [0.1, 0.15) is 28.3 Å². The number of thiazole rings is 1. The highest BCUT2D eigenvalue weighted by Crippen LogP contribution is 2.35. The van der Waals surface area contributed by atoms with E-state index in [-0.39, 0.29) is 35.9 Å². The van der Waals surface area contributed by atoms with Crippen molar-refractivity contribution in [2.45, 2.75) is 19.3 Å². The Bertz CT molecular complexity index is 611. The number of carboxylic acids is 1. The molecule has 0 unspecified atom stereocenters. The van der Waals surface area contributed by atoms with E-state index in [0.29, 0.717) is 24.3 Å². The lowest BCUT2D eigenvalue weighted by molar-refractivity contribution is -0.139. The summed E-state index contributed by atoms with van der Waals surface area (Å²) < 4.78 is 0. The average molecular weight is 306 g/mol. The predicted molar refractivity (Wildman–Crippen MR) is 74.9 cm³/mol. The Morgan fingerprint density at radius 1 is 1.29 bits per heavy atom. The van der Waals surface area contributed by atoms with Crippen molar-refractivity contribution in [1.82, 2.24) is 9.88 Å². The van der Waals surface area contributed by atoms with E-state index >= 15 is 0 Å². The van der Waals surface area contributed by atoms with Crippen LogP contribution >= 0.6 is 11.3 Å². The van der Waals surface area contributed by atoms with E-state index in [4.69, 9.17) is 5.11 Å². The van der Waals surface area contributed by atoms with Gasteiger partial charge in [0.1, 0.15) is 0 Å². The van der Waals surface area contributed by atoms with Gasteiger partial charge in [-0.05, 0) is 12.8 Å². The van der Waals surface area contributed by atoms with Crippen LogP contribution in [0, 0.1) is 11.8 Å². The summed E-state index contributed by atoms with van der Waals surface area (Å²) in [6.07, 6.45) is 5.58. The van der Waals surface area contributed by atoms with Gasteiger partial charge in [0.2, 0.25) is 11.8 Å². The number of aromatic nitrogens is 1. The summed E-state index contributed by atoms with van der Waals surface area (Å²) in [6, 6.07) is 0. The molecule has 1 N–H and O–H groups in total. The van der Waals surface area contributed by atoms with Gasteiger partial charge in [-0.3, -0.25) is 14.5 Å². The molecule has 2 heterocycles. The Labute approximate surface area is 125 Å². The molecule has 1 aromatic heterocycles. The number of carbonyl (C=O) groups excluding carboxylic acids is 2. The van der Waals surface area contributed by atoms with E-state index in [2.05, 4.69) is 4.98 Å². The molecule has 1 aliphatic carbocycles. The number of carboxylic acid groups (broad SMARTS) is 1. The number of fused-ring (bicyclic) bond motifs is 1. The quantitative estimate of drug-likeness (QED) is 0.670. The number of rotatable bonds is 4. The Balaban J connectivity index is 1.66. The van der Waals surface area contributed by atoms with Crippen LogP contribution in [0.4, 0.5) is 0 Å². The van der Waals surface area contributed by atoms with Crippen molar-refractivity contribution in [3.63, 3.8) is 0 Å². The normalized spacial score (nSPS) is 24.5. The van der Waals surface area contributed by atoms with E-state index in [1.807, 2.05) is 12.2 Å². The zero-order valence-electron chi connectivity index (χ0n) is 11.2. The third kappa shape index (κ3) is 2.49. The minimum Gasteiger partial charge on any atom is -0.476 e. The second-order valence-electron chi connectivity index (χ2n) is 5.17. The van der Waals surface area contributed by atoms with Gasteiger partial charge in [0, 0.05) is 18.3 Å². The molecule has 0 bridgehead atoms. The fourth-order valence-corrected chi connectivity index (χ4v) is 3.58. The summed E-state index contributed by atoms with van der Waals surface area (Å²) in [7, 11) is 0. The first-order chi connectivity index (χ1) is 10.1. The van der Waals surface area contributed by atoms with Crippen molar-refractivity contribution >= 4 is 29.1 Å². The number of allylic oxidation sites excluding steroid dienone is 2. The van der Waals surface area contributed by atoms with Crippen LogP contribution in [0.3, 0.4) is 0 Å². The maximum atomic E-state index is 12.2. The molecule has 1 aliphatic heterocycles. The first-order valence-electron chi connectivity index (χ1n) is 6.76. The fourth-order valence-electron chi connectivity index (χ4n) is 2.82. The fraction of sp³-hybridized carbons (Fsp3) is 0.429. The zero-order valence-corrected chi connectivity index (χ0v) is 12.0. The Hall–Kier alpha value is -2.02. The summed E-state index contributed by atoms with van der Waals surface area (Å²) in [5.74, 6) is -1.71. The molecular weight excluding hydrogens is 292 g/mol. The number of likely N-dealkylation sites (tertiary alicyclic amines) is 1. The second kappa shape index (κ2) is 5.40. The molecule has 3 rings (SSSR count). The molecule has 2 atom stereocenters. The third-order valence-corrected chi connectivity index (χ3v) is 4.83. The van der Waals surface area contributed by atoms with Crippen molar-refractivity contribution < 1.29 is 19.5 Å². The van der Waals surface area contributed by atoms with Gasteiger partial charge in [0.25, 0.3) is 0 Å². The molecule has 1 saturated heterocycles. The number of aromatic carboxylic acids is 1. The predicted octanol–water partition coefficient (Wildman–Crippen LogP) is 1.33. The topological polar surface area (TPSA) is 87.6 Å². The van der Waals surface area contributed by atoms with E-state index < -0.39 is 5.97 Å². The molecule has 0 aromatic carbocycles. The van der Waals surface area contributed by atoms with E-state index in [1.165, 1.54) is 21.6 Å². The second-order valence-corrected chi connectivity index (χ2v) is 6.11. The van der Waals surface area contributed by atoms with Crippen molar-refractivity contribution in [3.8, 4) is 0 Å². The number of hydrogen-bond donors (Lipinski definition) is 1. The van der Waals surface area contributed by atoms with Gasteiger partial charge in [-0.2, -0.15) is 0 Å². The highest BCUT2D eigenvalue weighted by Gasteiger charge is 2.46. The standard InChI is InChI=1S/C14H14N2O4S/c17-12-8-3-1-2-4-9(8)13(18)16(12)6-5-11-15-10(7-21-11)14(19)20/h1-2,7-9H,3-6H2,(H,19,20)/t8-,9+. The molecule has 0 saturated carbocycles. The van der Waals surface area contributed by atoms with Gasteiger partial charge in [0.05, 0.1) is 16.8 Å². The van der Waals surface area contributed by atoms with Gasteiger partial charge < -0.3 is 5.11 Å². The van der Waals surface area contributed by atoms with E-state index in [9.17, 15) is 14.4 Å². The van der Waals surface area contributed by atoms with Crippen molar-refractivity contribution in [2.75, 3.05) is 6.54 Å². The molecule has 2 amide bonds. The van der Waals surface area contributed by atoms with Gasteiger partial charge in [-0.25, -0.2) is 9.78 Å². The first-order valence-corrected chi connectivity index (χ1v) is 7.64. The summed E-state index contributed by atoms with van der Waals surface area (Å²) in [5, 5.41) is 10.9. The smallest absolute Gasteiger partial charge is 0.355 e. The number of carbonyl (C=O) groups is 3. The Morgan fingerprint density at radius 3 is 2.43 bits per heavy atom. The van der Waals surface area contributed by atoms with E-state index in [1.54, 1.807) is 0 Å². The summed E-state index contributed by atoms with van der Waals surface area (Å²) in [6.45, 7) is 0.275. The molecular formula is C14H14N2O4S. The number of nitrogens with zero attached hydrogens (tertiary/aromatic N) is 2. The maximum Gasteiger partial charge on any atom is 0.355 e. The minimum atomic E-state index is -1.07. The number of imide groups is 1. The molecule has 0 spiro atoms. The molecule has 6 nitrogen and oxygen atoms in total. The van der Waals surface area contributed by atoms with Crippen LogP contribution in [-0.2, 0) is 16.0 Å². The third-order valence-electron chi connectivity index (χ3n) is 3.92. The largest absolute Gasteiger partial charge is 0.476 e. The highest BCUT2D eigenvalue weighted by molar-refractivity contribution is 7.09. The monoisotopic (exact) mass is 306 g/mol. The lowest BCUT2D eigenvalue weighted by Crippen LogP contribution is -2.33. The highest BCUT2D eigenvalue weighted by atomic mass is 32.1. The van der Waals surface area contributed by atoms with Gasteiger partial charge in [0.15, 0.2) is 5.69 Å². The SMILES string of the molecule is O=C(O)c1csc(CCN2C(=O)[C@H]3CC=CC[C@H]3C2=O)n1. The van der Waals surface area contributed by atoms with Gasteiger partial charge in [-0.15, -0.1) is 11.3 Å².